The predicted molar refractivity (Wildman–Crippen MR) is 56.9 cm³/mol. The molecule has 2 nitrogen and oxygen atoms in total. The van der Waals surface area contributed by atoms with Gasteiger partial charge in [0.25, 0.3) is 0 Å². The van der Waals surface area contributed by atoms with Crippen LogP contribution in [0.2, 0.25) is 0 Å². The molecule has 0 saturated carbocycles. The molecule has 0 aliphatic heterocycles. The maximum Gasteiger partial charge on any atom is 0.125 e. The van der Waals surface area contributed by atoms with Gasteiger partial charge in [0.05, 0.1) is 0 Å². The molecule has 1 rings (SSSR count). The third kappa shape index (κ3) is 2.90. The van der Waals surface area contributed by atoms with E-state index in [2.05, 4.69) is 18.8 Å². The van der Waals surface area contributed by atoms with Crippen LogP contribution in [0.5, 0.6) is 0 Å². The number of nitrogens with two attached hydrogens (primary N) is 1. The fourth-order valence-electron chi connectivity index (χ4n) is 1.01. The Labute approximate surface area is 79.5 Å². The summed E-state index contributed by atoms with van der Waals surface area (Å²) in [5.41, 5.74) is 6.82. The molecular weight excluding hydrogens is 160 g/mol. The summed E-state index contributed by atoms with van der Waals surface area (Å²) in [5, 5.41) is 0. The van der Waals surface area contributed by atoms with Crippen LogP contribution in [0.25, 0.3) is 0 Å². The van der Waals surface area contributed by atoms with E-state index >= 15 is 0 Å². The number of hydrogen-bond acceptors (Lipinski definition) is 1. The van der Waals surface area contributed by atoms with Crippen LogP contribution >= 0.6 is 0 Å². The Balaban J connectivity index is 2.79. The minimum Gasteiger partial charge on any atom is -0.383 e. The van der Waals surface area contributed by atoms with E-state index in [0.29, 0.717) is 11.9 Å². The Hall–Kier alpha value is -1.31. The zero-order valence-corrected chi connectivity index (χ0v) is 8.20. The lowest BCUT2D eigenvalue weighted by atomic mass is 10.2. The zero-order valence-electron chi connectivity index (χ0n) is 8.20. The van der Waals surface area contributed by atoms with E-state index in [0.717, 1.165) is 12.0 Å². The second-order valence-electron chi connectivity index (χ2n) is 3.14. The van der Waals surface area contributed by atoms with Crippen molar-refractivity contribution in [3.63, 3.8) is 0 Å². The first kappa shape index (κ1) is 9.78. The van der Waals surface area contributed by atoms with Crippen molar-refractivity contribution in [1.29, 1.82) is 0 Å². The molecule has 0 saturated heterocycles. The van der Waals surface area contributed by atoms with E-state index in [1.165, 1.54) is 0 Å². The van der Waals surface area contributed by atoms with Gasteiger partial charge >= 0.3 is 0 Å². The van der Waals surface area contributed by atoms with Crippen LogP contribution in [-0.2, 0) is 0 Å². The fraction of sp³-hybridized carbons (Fsp3) is 0.364. The molecule has 13 heavy (non-hydrogen) atoms. The molecule has 0 fully saturated rings. The van der Waals surface area contributed by atoms with Crippen molar-refractivity contribution in [2.24, 2.45) is 10.7 Å². The molecule has 0 aromatic heterocycles. The summed E-state index contributed by atoms with van der Waals surface area (Å²) < 4.78 is 0. The van der Waals surface area contributed by atoms with Gasteiger partial charge in [-0.2, -0.15) is 0 Å². The van der Waals surface area contributed by atoms with Gasteiger partial charge in [0, 0.05) is 11.6 Å². The highest BCUT2D eigenvalue weighted by Gasteiger charge is 1.99. The number of amidine groups is 1. The standard InChI is InChI=1S/C11H16N2/c1-3-9(2)13-11(12)10-7-5-4-6-8-10/h4-9H,3H2,1-2H3,(H2,12,13). The van der Waals surface area contributed by atoms with Gasteiger partial charge in [0.2, 0.25) is 0 Å². The number of aliphatic imine (C=N–C) groups is 1. The largest absolute Gasteiger partial charge is 0.383 e. The van der Waals surface area contributed by atoms with Crippen LogP contribution < -0.4 is 5.73 Å². The second-order valence-corrected chi connectivity index (χ2v) is 3.14. The van der Waals surface area contributed by atoms with Crippen molar-refractivity contribution in [2.75, 3.05) is 0 Å². The van der Waals surface area contributed by atoms with Crippen molar-refractivity contribution < 1.29 is 0 Å². The van der Waals surface area contributed by atoms with Crippen molar-refractivity contribution in [3.8, 4) is 0 Å². The average Bonchev–Trinajstić information content (AvgIpc) is 2.19. The van der Waals surface area contributed by atoms with Gasteiger partial charge in [-0.1, -0.05) is 37.3 Å². The summed E-state index contributed by atoms with van der Waals surface area (Å²) in [6, 6.07) is 10.2. The van der Waals surface area contributed by atoms with Crippen LogP contribution in [0.1, 0.15) is 25.8 Å². The third-order valence-corrected chi connectivity index (χ3v) is 2.02. The number of benzene rings is 1. The first-order chi connectivity index (χ1) is 6.24. The van der Waals surface area contributed by atoms with E-state index in [9.17, 15) is 0 Å². The smallest absolute Gasteiger partial charge is 0.125 e. The number of hydrogen-bond donors (Lipinski definition) is 1. The Kier molecular flexibility index (Phi) is 3.50. The van der Waals surface area contributed by atoms with Crippen LogP contribution in [0.4, 0.5) is 0 Å². The molecule has 0 aliphatic rings. The first-order valence-electron chi connectivity index (χ1n) is 4.62. The van der Waals surface area contributed by atoms with Crippen molar-refractivity contribution in [1.82, 2.24) is 0 Å². The van der Waals surface area contributed by atoms with Crippen LogP contribution in [0, 0.1) is 0 Å². The quantitative estimate of drug-likeness (QED) is 0.556. The highest BCUT2D eigenvalue weighted by molar-refractivity contribution is 5.97. The van der Waals surface area contributed by atoms with Crippen LogP contribution in [0.15, 0.2) is 35.3 Å². The van der Waals surface area contributed by atoms with E-state index in [-0.39, 0.29) is 0 Å². The summed E-state index contributed by atoms with van der Waals surface area (Å²) in [6.07, 6.45) is 1.02. The fourth-order valence-corrected chi connectivity index (χ4v) is 1.01. The monoisotopic (exact) mass is 176 g/mol. The molecule has 1 aromatic carbocycles. The zero-order chi connectivity index (χ0) is 9.68. The Morgan fingerprint density at radius 3 is 2.54 bits per heavy atom. The third-order valence-electron chi connectivity index (χ3n) is 2.02. The molecule has 1 atom stereocenters. The summed E-state index contributed by atoms with van der Waals surface area (Å²) in [4.78, 5) is 4.36. The number of rotatable bonds is 3. The SMILES string of the molecule is CCC(C)N=C(N)c1ccccc1. The van der Waals surface area contributed by atoms with Crippen LogP contribution in [0.3, 0.4) is 0 Å². The molecule has 0 aliphatic carbocycles. The lowest BCUT2D eigenvalue weighted by Crippen LogP contribution is -2.16. The average molecular weight is 176 g/mol. The predicted octanol–water partition coefficient (Wildman–Crippen LogP) is 2.19. The van der Waals surface area contributed by atoms with Gasteiger partial charge in [-0.15, -0.1) is 0 Å². The van der Waals surface area contributed by atoms with E-state index in [4.69, 9.17) is 5.73 Å². The van der Waals surface area contributed by atoms with Gasteiger partial charge in [-0.3, -0.25) is 4.99 Å². The van der Waals surface area contributed by atoms with E-state index in [1.54, 1.807) is 0 Å². The molecule has 0 bridgehead atoms. The molecule has 0 amide bonds. The van der Waals surface area contributed by atoms with E-state index < -0.39 is 0 Å². The number of nitrogens with zero attached hydrogens (tertiary/aromatic N) is 1. The molecule has 1 aromatic rings. The molecule has 1 unspecified atom stereocenters. The molecule has 2 N–H and O–H groups in total. The summed E-state index contributed by atoms with van der Waals surface area (Å²) in [6.45, 7) is 4.17. The highest BCUT2D eigenvalue weighted by atomic mass is 14.9. The van der Waals surface area contributed by atoms with Gasteiger partial charge in [0.1, 0.15) is 5.84 Å². The molecule has 2 heteroatoms. The Morgan fingerprint density at radius 2 is 2.00 bits per heavy atom. The van der Waals surface area contributed by atoms with Crippen molar-refractivity contribution in [3.05, 3.63) is 35.9 Å². The molecule has 70 valence electrons. The maximum atomic E-state index is 5.82. The summed E-state index contributed by atoms with van der Waals surface area (Å²) in [7, 11) is 0. The minimum absolute atomic E-state index is 0.306. The molecule has 0 heterocycles. The van der Waals surface area contributed by atoms with Gasteiger partial charge < -0.3 is 5.73 Å². The molecular formula is C11H16N2. The maximum absolute atomic E-state index is 5.82. The van der Waals surface area contributed by atoms with E-state index in [1.807, 2.05) is 30.3 Å². The molecule has 0 spiro atoms. The Bertz CT molecular complexity index is 277. The normalized spacial score (nSPS) is 14.2. The van der Waals surface area contributed by atoms with Gasteiger partial charge in [-0.25, -0.2) is 0 Å². The Morgan fingerprint density at radius 1 is 1.38 bits per heavy atom. The van der Waals surface area contributed by atoms with Crippen molar-refractivity contribution >= 4 is 5.84 Å². The first-order valence-corrected chi connectivity index (χ1v) is 4.62. The summed E-state index contributed by atoms with van der Waals surface area (Å²) >= 11 is 0. The lowest BCUT2D eigenvalue weighted by molar-refractivity contribution is 0.716. The molecule has 0 radical (unpaired) electrons. The van der Waals surface area contributed by atoms with Gasteiger partial charge in [-0.05, 0) is 13.3 Å². The second kappa shape index (κ2) is 4.65. The summed E-state index contributed by atoms with van der Waals surface area (Å²) in [5.74, 6) is 0.634. The van der Waals surface area contributed by atoms with Crippen LogP contribution in [-0.4, -0.2) is 11.9 Å². The van der Waals surface area contributed by atoms with Gasteiger partial charge in [0.15, 0.2) is 0 Å². The topological polar surface area (TPSA) is 38.4 Å². The lowest BCUT2D eigenvalue weighted by Gasteiger charge is -2.04. The van der Waals surface area contributed by atoms with Crippen molar-refractivity contribution in [2.45, 2.75) is 26.3 Å². The highest BCUT2D eigenvalue weighted by Crippen LogP contribution is 2.01. The minimum atomic E-state index is 0.306.